The fourth-order valence-corrected chi connectivity index (χ4v) is 3.69. The van der Waals surface area contributed by atoms with E-state index in [1.54, 1.807) is 0 Å². The van der Waals surface area contributed by atoms with E-state index in [9.17, 15) is 9.59 Å². The maximum Gasteiger partial charge on any atom is 0.302 e. The fourth-order valence-electron chi connectivity index (χ4n) is 1.95. The molecule has 0 aromatic carbocycles. The van der Waals surface area contributed by atoms with Crippen molar-refractivity contribution in [3.05, 3.63) is 11.6 Å². The van der Waals surface area contributed by atoms with Crippen LogP contribution in [0.25, 0.3) is 0 Å². The quantitative estimate of drug-likeness (QED) is 0.195. The first-order valence-corrected chi connectivity index (χ1v) is 11.3. The molecule has 0 spiro atoms. The van der Waals surface area contributed by atoms with Crippen molar-refractivity contribution < 1.29 is 14.3 Å². The summed E-state index contributed by atoms with van der Waals surface area (Å²) in [5.74, 6) is -0.230. The van der Waals surface area contributed by atoms with Crippen LogP contribution in [-0.4, -0.2) is 25.9 Å². The molecule has 0 bridgehead atoms. The van der Waals surface area contributed by atoms with Crippen molar-refractivity contribution in [1.29, 1.82) is 0 Å². The van der Waals surface area contributed by atoms with Gasteiger partial charge in [-0.05, 0) is 42.5 Å². The second-order valence-corrected chi connectivity index (χ2v) is 12.2. The molecule has 0 aromatic rings. The highest BCUT2D eigenvalue weighted by Gasteiger charge is 2.16. The first-order chi connectivity index (χ1) is 9.20. The van der Waals surface area contributed by atoms with Gasteiger partial charge >= 0.3 is 5.97 Å². The smallest absolute Gasteiger partial charge is 0.302 e. The van der Waals surface area contributed by atoms with Crippen LogP contribution in [0.4, 0.5) is 0 Å². The summed E-state index contributed by atoms with van der Waals surface area (Å²) in [6.45, 7) is 8.77. The van der Waals surface area contributed by atoms with Gasteiger partial charge < -0.3 is 4.74 Å². The predicted octanol–water partition coefficient (Wildman–Crippen LogP) is 4.53. The zero-order chi connectivity index (χ0) is 15.6. The van der Waals surface area contributed by atoms with Crippen molar-refractivity contribution >= 4 is 30.9 Å². The molecule has 0 N–H and O–H groups in total. The van der Waals surface area contributed by atoms with Gasteiger partial charge in [-0.15, -0.1) is 0 Å². The second-order valence-electron chi connectivity index (χ2n) is 6.33. The third-order valence-corrected chi connectivity index (χ3v) is 4.43. The van der Waals surface area contributed by atoms with Crippen LogP contribution < -0.4 is 0 Å². The Morgan fingerprint density at radius 3 is 2.30 bits per heavy atom. The Morgan fingerprint density at radius 1 is 1.15 bits per heavy atom. The standard InChI is InChI=1S/C15H27ClO3Si/c1-13(17)19-11-14(12-20(2,3)4)9-7-5-6-8-10-15(16)18/h9H,5-8,10-12H2,1-4H3/b14-9-. The number of halogens is 1. The van der Waals surface area contributed by atoms with Crippen LogP contribution in [0, 0.1) is 0 Å². The molecule has 0 rings (SSSR count). The number of hydrogen-bond donors (Lipinski definition) is 0. The van der Waals surface area contributed by atoms with Crippen molar-refractivity contribution in [1.82, 2.24) is 0 Å². The predicted molar refractivity (Wildman–Crippen MR) is 86.8 cm³/mol. The van der Waals surface area contributed by atoms with Crippen LogP contribution in [0.5, 0.6) is 0 Å². The number of allylic oxidation sites excluding steroid dienone is 1. The van der Waals surface area contributed by atoms with Crippen LogP contribution in [0.1, 0.15) is 39.0 Å². The van der Waals surface area contributed by atoms with Crippen LogP contribution in [0.2, 0.25) is 25.7 Å². The Balaban J connectivity index is 4.13. The molecule has 0 aromatic heterocycles. The summed E-state index contributed by atoms with van der Waals surface area (Å²) in [7, 11) is -1.20. The first kappa shape index (κ1) is 19.4. The van der Waals surface area contributed by atoms with Crippen molar-refractivity contribution in [2.75, 3.05) is 6.61 Å². The molecule has 0 unspecified atom stereocenters. The lowest BCUT2D eigenvalue weighted by atomic mass is 10.1. The molecule has 0 saturated heterocycles. The summed E-state index contributed by atoms with van der Waals surface area (Å²) in [6.07, 6.45) is 6.52. The Kier molecular flexibility index (Phi) is 9.85. The maximum absolute atomic E-state index is 10.9. The van der Waals surface area contributed by atoms with Gasteiger partial charge in [-0.2, -0.15) is 0 Å². The molecule has 0 radical (unpaired) electrons. The third kappa shape index (κ3) is 13.8. The largest absolute Gasteiger partial charge is 0.461 e. The third-order valence-electron chi connectivity index (χ3n) is 2.73. The SMILES string of the molecule is CC(=O)OC/C(=C/CCCCCC(=O)Cl)C[Si](C)(C)C. The van der Waals surface area contributed by atoms with E-state index in [0.29, 0.717) is 13.0 Å². The highest BCUT2D eigenvalue weighted by molar-refractivity contribution is 6.76. The molecule has 0 saturated carbocycles. The lowest BCUT2D eigenvalue weighted by molar-refractivity contribution is -0.140. The fraction of sp³-hybridized carbons (Fsp3) is 0.733. The van der Waals surface area contributed by atoms with Gasteiger partial charge in [0.05, 0.1) is 0 Å². The van der Waals surface area contributed by atoms with Crippen LogP contribution in [0.15, 0.2) is 11.6 Å². The Labute approximate surface area is 128 Å². The van der Waals surface area contributed by atoms with Gasteiger partial charge in [0.25, 0.3) is 0 Å². The molecular weight excluding hydrogens is 292 g/mol. The highest BCUT2D eigenvalue weighted by atomic mass is 35.5. The van der Waals surface area contributed by atoms with Crippen LogP contribution in [-0.2, 0) is 14.3 Å². The van der Waals surface area contributed by atoms with E-state index in [1.165, 1.54) is 12.5 Å². The molecule has 0 fully saturated rings. The number of esters is 1. The van der Waals surface area contributed by atoms with E-state index in [4.69, 9.17) is 16.3 Å². The molecule has 0 atom stereocenters. The van der Waals surface area contributed by atoms with Gasteiger partial charge in [0.1, 0.15) is 6.61 Å². The van der Waals surface area contributed by atoms with Crippen molar-refractivity contribution in [3.63, 3.8) is 0 Å². The summed E-state index contributed by atoms with van der Waals surface area (Å²) in [4.78, 5) is 21.5. The van der Waals surface area contributed by atoms with Crippen LogP contribution >= 0.6 is 11.6 Å². The second kappa shape index (κ2) is 10.2. The summed E-state index contributed by atoms with van der Waals surface area (Å²) in [5, 5.41) is -0.255. The topological polar surface area (TPSA) is 43.4 Å². The van der Waals surface area contributed by atoms with Gasteiger partial charge in [-0.3, -0.25) is 9.59 Å². The van der Waals surface area contributed by atoms with E-state index >= 15 is 0 Å². The lowest BCUT2D eigenvalue weighted by Gasteiger charge is -2.18. The maximum atomic E-state index is 10.9. The van der Waals surface area contributed by atoms with Gasteiger partial charge in [-0.1, -0.05) is 32.1 Å². The van der Waals surface area contributed by atoms with Crippen molar-refractivity contribution in [2.45, 2.75) is 64.7 Å². The normalized spacial score (nSPS) is 12.3. The molecule has 116 valence electrons. The van der Waals surface area contributed by atoms with E-state index in [0.717, 1.165) is 31.7 Å². The Morgan fingerprint density at radius 2 is 1.80 bits per heavy atom. The molecular formula is C15H27ClO3Si. The molecule has 3 nitrogen and oxygen atoms in total. The van der Waals surface area contributed by atoms with Gasteiger partial charge in [0.2, 0.25) is 5.24 Å². The number of carbonyl (C=O) groups is 2. The molecule has 0 heterocycles. The summed E-state index contributed by atoms with van der Waals surface area (Å²) >= 11 is 5.29. The zero-order valence-corrected chi connectivity index (χ0v) is 14.9. The number of rotatable bonds is 10. The molecule has 0 aliphatic carbocycles. The molecule has 0 aliphatic rings. The number of unbranched alkanes of at least 4 members (excludes halogenated alkanes) is 3. The summed E-state index contributed by atoms with van der Waals surface area (Å²) in [5.41, 5.74) is 1.23. The minimum Gasteiger partial charge on any atom is -0.461 e. The minimum absolute atomic E-state index is 0.230. The monoisotopic (exact) mass is 318 g/mol. The van der Waals surface area contributed by atoms with Gasteiger partial charge in [-0.25, -0.2) is 0 Å². The van der Waals surface area contributed by atoms with E-state index < -0.39 is 8.07 Å². The average Bonchev–Trinajstić information content (AvgIpc) is 2.27. The van der Waals surface area contributed by atoms with Gasteiger partial charge in [0.15, 0.2) is 0 Å². The van der Waals surface area contributed by atoms with E-state index in [1.807, 2.05) is 0 Å². The van der Waals surface area contributed by atoms with Crippen molar-refractivity contribution in [3.8, 4) is 0 Å². The van der Waals surface area contributed by atoms with Crippen LogP contribution in [0.3, 0.4) is 0 Å². The van der Waals surface area contributed by atoms with Crippen molar-refractivity contribution in [2.24, 2.45) is 0 Å². The number of hydrogen-bond acceptors (Lipinski definition) is 3. The summed E-state index contributed by atoms with van der Waals surface area (Å²) < 4.78 is 5.11. The molecule has 20 heavy (non-hydrogen) atoms. The van der Waals surface area contributed by atoms with Gasteiger partial charge in [0, 0.05) is 21.4 Å². The average molecular weight is 319 g/mol. The number of ether oxygens (including phenoxy) is 1. The van der Waals surface area contributed by atoms with E-state index in [2.05, 4.69) is 25.7 Å². The number of carbonyl (C=O) groups excluding carboxylic acids is 2. The molecule has 0 aliphatic heterocycles. The van der Waals surface area contributed by atoms with E-state index in [-0.39, 0.29) is 11.2 Å². The lowest BCUT2D eigenvalue weighted by Crippen LogP contribution is -2.21. The first-order valence-electron chi connectivity index (χ1n) is 7.20. The zero-order valence-electron chi connectivity index (χ0n) is 13.1. The minimum atomic E-state index is -1.20. The summed E-state index contributed by atoms with van der Waals surface area (Å²) in [6, 6.07) is 1.06. The Hall–Kier alpha value is -0.613. The Bertz CT molecular complexity index is 346. The highest BCUT2D eigenvalue weighted by Crippen LogP contribution is 2.18. The molecule has 5 heteroatoms. The molecule has 0 amide bonds.